The molecule has 0 N–H and O–H groups in total. The molecule has 0 saturated heterocycles. The van der Waals surface area contributed by atoms with Gasteiger partial charge in [0, 0.05) is 0 Å². The Hall–Kier alpha value is -4.04. The monoisotopic (exact) mass is 778 g/mol. The van der Waals surface area contributed by atoms with E-state index < -0.39 is 0 Å². The maximum atomic E-state index is 3.62. The molecule has 0 radical (unpaired) electrons. The van der Waals surface area contributed by atoms with E-state index in [1.807, 2.05) is 12.2 Å². The summed E-state index contributed by atoms with van der Waals surface area (Å²) in [5.74, 6) is 0. The molecule has 2 aliphatic rings. The van der Waals surface area contributed by atoms with Gasteiger partial charge < -0.3 is 24.8 Å². The Morgan fingerprint density at radius 3 is 1.46 bits per heavy atom. The van der Waals surface area contributed by atoms with Crippen molar-refractivity contribution in [3.05, 3.63) is 200 Å². The third-order valence-corrected chi connectivity index (χ3v) is 10.9. The molecule has 0 saturated carbocycles. The van der Waals surface area contributed by atoms with Crippen LogP contribution >= 0.6 is 0 Å². The van der Waals surface area contributed by atoms with Crippen molar-refractivity contribution in [3.8, 4) is 33.4 Å². The minimum Gasteiger partial charge on any atom is -1.00 e. The Bertz CT molecular complexity index is 2110. The van der Waals surface area contributed by atoms with Gasteiger partial charge in [0.15, 0.2) is 0 Å². The first-order valence-electron chi connectivity index (χ1n) is 18.3. The summed E-state index contributed by atoms with van der Waals surface area (Å²) in [4.78, 5) is 0. The van der Waals surface area contributed by atoms with Crippen LogP contribution in [0.1, 0.15) is 73.2 Å². The van der Waals surface area contributed by atoms with Gasteiger partial charge in [-0.1, -0.05) is 81.4 Å². The Balaban J connectivity index is 0.000000236. The summed E-state index contributed by atoms with van der Waals surface area (Å²) >= 11 is 2.18. The van der Waals surface area contributed by atoms with Gasteiger partial charge >= 0.3 is 108 Å². The van der Waals surface area contributed by atoms with Gasteiger partial charge in [0.05, 0.1) is 0 Å². The molecule has 0 aliphatic heterocycles. The number of fused-ring (bicyclic) bond motifs is 3. The van der Waals surface area contributed by atoms with Crippen molar-refractivity contribution in [2.45, 2.75) is 68.2 Å². The average Bonchev–Trinajstić information content (AvgIpc) is 3.81. The maximum absolute atomic E-state index is 3.62. The first kappa shape index (κ1) is 42.7. The molecule has 0 aromatic heterocycles. The van der Waals surface area contributed by atoms with Crippen LogP contribution in [0.15, 0.2) is 121 Å². The number of hydrogen-bond donors (Lipinski definition) is 0. The van der Waals surface area contributed by atoms with Crippen molar-refractivity contribution in [2.24, 2.45) is 0 Å². The van der Waals surface area contributed by atoms with Gasteiger partial charge in [-0.2, -0.15) is 29.8 Å². The van der Waals surface area contributed by atoms with Crippen molar-refractivity contribution in [1.82, 2.24) is 0 Å². The van der Waals surface area contributed by atoms with Gasteiger partial charge in [-0.05, 0) is 70.2 Å². The summed E-state index contributed by atoms with van der Waals surface area (Å²) in [6.45, 7) is 17.5. The predicted molar refractivity (Wildman–Crippen MR) is 220 cm³/mol. The van der Waals surface area contributed by atoms with Crippen LogP contribution in [-0.4, -0.2) is 3.81 Å². The van der Waals surface area contributed by atoms with E-state index in [9.17, 15) is 0 Å². The smallest absolute Gasteiger partial charge is 0.109 e. The van der Waals surface area contributed by atoms with Crippen LogP contribution in [0.3, 0.4) is 0 Å². The molecule has 0 heterocycles. The molecule has 0 fully saturated rings. The van der Waals surface area contributed by atoms with E-state index in [4.69, 9.17) is 0 Å². The number of aryl methyl sites for hydroxylation is 8. The molecule has 6 aromatic carbocycles. The number of benzene rings is 6. The van der Waals surface area contributed by atoms with Crippen LogP contribution in [0.2, 0.25) is 0 Å². The van der Waals surface area contributed by atoms with E-state index >= 15 is 0 Å². The zero-order valence-electron chi connectivity index (χ0n) is 32.7. The van der Waals surface area contributed by atoms with Crippen LogP contribution in [0.5, 0.6) is 0 Å². The van der Waals surface area contributed by atoms with Gasteiger partial charge in [0.25, 0.3) is 0 Å². The minimum atomic E-state index is 0. The van der Waals surface area contributed by atoms with Gasteiger partial charge in [-0.15, -0.1) is 17.5 Å². The van der Waals surface area contributed by atoms with Gasteiger partial charge in [-0.3, -0.25) is 6.08 Å². The fourth-order valence-corrected chi connectivity index (χ4v) is 8.12. The Morgan fingerprint density at radius 2 is 1.02 bits per heavy atom. The molecule has 0 amide bonds. The van der Waals surface area contributed by atoms with E-state index in [2.05, 4.69) is 197 Å². The topological polar surface area (TPSA) is 0 Å². The largest absolute Gasteiger partial charge is 1.00 e. The summed E-state index contributed by atoms with van der Waals surface area (Å²) in [6, 6.07) is 41.7. The Kier molecular flexibility index (Phi) is 15.0. The SMILES string of the molecule is Cc1cc(C)c(-c2c[c-]c3c(c2)-c2cc(-c4c(C)cc(C)cc4C)ccc2C3)c(C)c1.Cc1ccc([C](=[Ti+2])c2ccc(C)cc2)cc1.[C-]1=CC=CC1.[Cl-].[Cl-]. The van der Waals surface area contributed by atoms with Crippen LogP contribution in [0.25, 0.3) is 33.4 Å². The number of hydrogen-bond acceptors (Lipinski definition) is 0. The van der Waals surface area contributed by atoms with Crippen LogP contribution in [0.4, 0.5) is 0 Å². The van der Waals surface area contributed by atoms with Crippen molar-refractivity contribution in [2.75, 3.05) is 0 Å². The Morgan fingerprint density at radius 1 is 0.537 bits per heavy atom. The summed E-state index contributed by atoms with van der Waals surface area (Å²) in [5, 5.41) is 0. The summed E-state index contributed by atoms with van der Waals surface area (Å²) in [7, 11) is 0. The Labute approximate surface area is 348 Å². The molecule has 6 aromatic rings. The molecular weight excluding hydrogens is 731 g/mol. The molecule has 0 spiro atoms. The quantitative estimate of drug-likeness (QED) is 0.134. The van der Waals surface area contributed by atoms with Crippen molar-refractivity contribution < 1.29 is 44.8 Å². The van der Waals surface area contributed by atoms with E-state index in [1.165, 1.54) is 104 Å². The zero-order valence-corrected chi connectivity index (χ0v) is 35.8. The normalized spacial score (nSPS) is 11.6. The predicted octanol–water partition coefficient (Wildman–Crippen LogP) is 6.98. The minimum absolute atomic E-state index is 0. The third-order valence-electron chi connectivity index (χ3n) is 9.99. The molecule has 0 nitrogen and oxygen atoms in total. The van der Waals surface area contributed by atoms with Crippen LogP contribution < -0.4 is 24.8 Å². The van der Waals surface area contributed by atoms with E-state index in [-0.39, 0.29) is 24.8 Å². The molecule has 0 bridgehead atoms. The fourth-order valence-electron chi connectivity index (χ4n) is 7.60. The summed E-state index contributed by atoms with van der Waals surface area (Å²) in [6.07, 6.45) is 11.0. The molecule has 0 atom stereocenters. The number of rotatable bonds is 4. The molecule has 8 rings (SSSR count). The molecule has 54 heavy (non-hydrogen) atoms. The first-order valence-corrected chi connectivity index (χ1v) is 19.0. The van der Waals surface area contributed by atoms with E-state index in [1.54, 1.807) is 0 Å². The average molecular weight is 780 g/mol. The van der Waals surface area contributed by atoms with Gasteiger partial charge in [0.1, 0.15) is 0 Å². The van der Waals surface area contributed by atoms with Crippen LogP contribution in [0, 0.1) is 67.5 Å². The number of halogens is 2. The molecule has 2 aliphatic carbocycles. The molecular formula is C51H48Cl2Ti-2. The second kappa shape index (κ2) is 19.0. The molecule has 272 valence electrons. The van der Waals surface area contributed by atoms with Crippen molar-refractivity contribution in [3.63, 3.8) is 0 Å². The van der Waals surface area contributed by atoms with Crippen molar-refractivity contribution in [1.29, 1.82) is 0 Å². The van der Waals surface area contributed by atoms with Gasteiger partial charge in [0.2, 0.25) is 0 Å². The summed E-state index contributed by atoms with van der Waals surface area (Å²) < 4.78 is 1.33. The second-order valence-electron chi connectivity index (χ2n) is 14.5. The first-order chi connectivity index (χ1) is 25.0. The zero-order chi connectivity index (χ0) is 36.9. The standard InChI is InChI=1S/C31H29.C15H14.C5H5.2ClH.Ti/c1-18-11-20(3)30(21(4)12-18)26-9-7-24-15-25-8-10-27(17-29(25)28(24)16-26)31-22(5)13-19(2)14-23(31)6;1-12-3-7-14(8-4-12)11-15-9-5-13(2)6-10-15;1-2-4-5-3-1;;;/h7,9-14,16-17H,15H2,1-6H3;3-10H,1-2H3;1-3H,4H2;2*1H;/q-1;;-1;;;+2/p-2. The maximum Gasteiger partial charge on any atom is -0.109 e. The van der Waals surface area contributed by atoms with E-state index in [0.717, 1.165) is 12.8 Å². The molecule has 3 heteroatoms. The fraction of sp³-hybridized carbons (Fsp3) is 0.196. The van der Waals surface area contributed by atoms with E-state index in [0.29, 0.717) is 0 Å². The summed E-state index contributed by atoms with van der Waals surface area (Å²) in [5.41, 5.74) is 24.0. The van der Waals surface area contributed by atoms with Crippen molar-refractivity contribution >= 4 is 3.81 Å². The molecule has 0 unspecified atom stereocenters. The second-order valence-corrected chi connectivity index (χ2v) is 15.3. The van der Waals surface area contributed by atoms with Crippen LogP contribution in [-0.2, 0) is 26.4 Å². The number of allylic oxidation sites excluding steroid dienone is 4. The third kappa shape index (κ3) is 9.98. The van der Waals surface area contributed by atoms with Gasteiger partial charge in [-0.25, -0.2) is 12.2 Å².